The monoisotopic (exact) mass is 455 g/mol. The molecule has 0 radical (unpaired) electrons. The van der Waals surface area contributed by atoms with Crippen LogP contribution in [0.1, 0.15) is 21.5 Å². The van der Waals surface area contributed by atoms with Gasteiger partial charge < -0.3 is 14.2 Å². The lowest BCUT2D eigenvalue weighted by molar-refractivity contribution is -0.384. The minimum atomic E-state index is -0.665. The lowest BCUT2D eigenvalue weighted by Gasteiger charge is -2.16. The summed E-state index contributed by atoms with van der Waals surface area (Å²) >= 11 is 0. The lowest BCUT2D eigenvalue weighted by Crippen LogP contribution is -2.12. The molecule has 170 valence electrons. The maximum atomic E-state index is 13.0. The van der Waals surface area contributed by atoms with Crippen LogP contribution in [0, 0.1) is 10.1 Å². The highest BCUT2D eigenvalue weighted by Gasteiger charge is 2.20. The number of rotatable bonds is 9. The number of hydrogen-bond acceptors (Lipinski definition) is 6. The number of nitro groups is 1. The van der Waals surface area contributed by atoms with E-state index in [0.29, 0.717) is 12.4 Å². The third-order valence-electron chi connectivity index (χ3n) is 4.92. The van der Waals surface area contributed by atoms with Crippen LogP contribution in [-0.4, -0.2) is 10.9 Å². The highest BCUT2D eigenvalue weighted by atomic mass is 16.6. The first-order valence-electron chi connectivity index (χ1n) is 10.5. The molecule has 0 unspecified atom stereocenters. The van der Waals surface area contributed by atoms with Gasteiger partial charge in [-0.25, -0.2) is 4.79 Å². The van der Waals surface area contributed by atoms with Gasteiger partial charge in [-0.1, -0.05) is 66.7 Å². The molecule has 7 nitrogen and oxygen atoms in total. The van der Waals surface area contributed by atoms with Gasteiger partial charge in [0.15, 0.2) is 11.5 Å². The molecule has 0 spiro atoms. The van der Waals surface area contributed by atoms with Crippen LogP contribution in [0.2, 0.25) is 0 Å². The maximum Gasteiger partial charge on any atom is 0.347 e. The van der Waals surface area contributed by atoms with Gasteiger partial charge in [0.1, 0.15) is 24.5 Å². The fourth-order valence-corrected chi connectivity index (χ4v) is 3.20. The van der Waals surface area contributed by atoms with Crippen molar-refractivity contribution in [1.82, 2.24) is 0 Å². The molecule has 0 saturated carbocycles. The molecule has 4 aromatic carbocycles. The van der Waals surface area contributed by atoms with E-state index in [4.69, 9.17) is 14.2 Å². The topological polar surface area (TPSA) is 87.9 Å². The van der Waals surface area contributed by atoms with E-state index in [1.807, 2.05) is 60.7 Å². The van der Waals surface area contributed by atoms with Gasteiger partial charge in [0.2, 0.25) is 0 Å². The second kappa shape index (κ2) is 10.8. The predicted molar refractivity (Wildman–Crippen MR) is 126 cm³/mol. The van der Waals surface area contributed by atoms with Gasteiger partial charge >= 0.3 is 5.97 Å². The molecule has 34 heavy (non-hydrogen) atoms. The van der Waals surface area contributed by atoms with Gasteiger partial charge in [-0.3, -0.25) is 10.1 Å². The second-order valence-electron chi connectivity index (χ2n) is 7.32. The summed E-state index contributed by atoms with van der Waals surface area (Å²) < 4.78 is 17.5. The van der Waals surface area contributed by atoms with E-state index in [1.54, 1.807) is 18.2 Å². The van der Waals surface area contributed by atoms with Crippen molar-refractivity contribution in [2.75, 3.05) is 0 Å². The van der Waals surface area contributed by atoms with Crippen LogP contribution >= 0.6 is 0 Å². The summed E-state index contributed by atoms with van der Waals surface area (Å²) in [5, 5.41) is 10.9. The zero-order valence-corrected chi connectivity index (χ0v) is 18.1. The maximum absolute atomic E-state index is 13.0. The molecule has 0 bridgehead atoms. The first-order valence-corrected chi connectivity index (χ1v) is 10.5. The highest BCUT2D eigenvalue weighted by Crippen LogP contribution is 2.34. The molecule has 7 heteroatoms. The van der Waals surface area contributed by atoms with Crippen molar-refractivity contribution < 1.29 is 23.9 Å². The number of non-ortho nitro benzene ring substituents is 1. The summed E-state index contributed by atoms with van der Waals surface area (Å²) in [6, 6.07) is 29.5. The number of carbonyl (C=O) groups is 1. The van der Waals surface area contributed by atoms with Gasteiger partial charge in [0.25, 0.3) is 5.69 Å². The van der Waals surface area contributed by atoms with Crippen LogP contribution in [-0.2, 0) is 13.2 Å². The number of nitrogens with zero attached hydrogens (tertiary/aromatic N) is 1. The summed E-state index contributed by atoms with van der Waals surface area (Å²) in [5.74, 6) is 0.175. The first-order chi connectivity index (χ1) is 16.6. The van der Waals surface area contributed by atoms with Crippen molar-refractivity contribution in [3.05, 3.63) is 130 Å². The quantitative estimate of drug-likeness (QED) is 0.134. The molecule has 4 aromatic rings. The Kier molecular flexibility index (Phi) is 7.15. The van der Waals surface area contributed by atoms with E-state index in [1.165, 1.54) is 24.3 Å². The third kappa shape index (κ3) is 5.77. The molecule has 0 saturated heterocycles. The van der Waals surface area contributed by atoms with Gasteiger partial charge in [-0.15, -0.1) is 0 Å². The van der Waals surface area contributed by atoms with Crippen LogP contribution in [0.5, 0.6) is 17.2 Å². The van der Waals surface area contributed by atoms with Gasteiger partial charge in [-0.2, -0.15) is 0 Å². The second-order valence-corrected chi connectivity index (χ2v) is 7.32. The van der Waals surface area contributed by atoms with E-state index in [9.17, 15) is 14.9 Å². The summed E-state index contributed by atoms with van der Waals surface area (Å²) in [5.41, 5.74) is 1.98. The molecular formula is C27H21NO6. The first kappa shape index (κ1) is 22.5. The van der Waals surface area contributed by atoms with Gasteiger partial charge in [0, 0.05) is 12.1 Å². The molecule has 0 aliphatic heterocycles. The minimum Gasteiger partial charge on any atom is -0.485 e. The fourth-order valence-electron chi connectivity index (χ4n) is 3.20. The molecule has 0 aromatic heterocycles. The van der Waals surface area contributed by atoms with Crippen LogP contribution < -0.4 is 14.2 Å². The Hall–Kier alpha value is -4.65. The summed E-state index contributed by atoms with van der Waals surface area (Å²) in [6.45, 7) is 0.522. The Morgan fingerprint density at radius 1 is 0.706 bits per heavy atom. The molecule has 0 amide bonds. The zero-order valence-electron chi connectivity index (χ0n) is 18.1. The smallest absolute Gasteiger partial charge is 0.347 e. The normalized spacial score (nSPS) is 10.4. The van der Waals surface area contributed by atoms with Gasteiger partial charge in [-0.05, 0) is 35.4 Å². The van der Waals surface area contributed by atoms with Crippen LogP contribution in [0.15, 0.2) is 103 Å². The van der Waals surface area contributed by atoms with E-state index in [-0.39, 0.29) is 29.4 Å². The van der Waals surface area contributed by atoms with Crippen molar-refractivity contribution in [3.8, 4) is 17.2 Å². The van der Waals surface area contributed by atoms with Crippen LogP contribution in [0.25, 0.3) is 0 Å². The Morgan fingerprint density at radius 3 is 1.88 bits per heavy atom. The van der Waals surface area contributed by atoms with Crippen molar-refractivity contribution in [2.24, 2.45) is 0 Å². The van der Waals surface area contributed by atoms with Crippen LogP contribution in [0.4, 0.5) is 5.69 Å². The molecule has 0 aliphatic rings. The summed E-state index contributed by atoms with van der Waals surface area (Å²) in [7, 11) is 0. The average Bonchev–Trinajstić information content (AvgIpc) is 2.88. The number of esters is 1. The number of nitro benzene ring substituents is 1. The summed E-state index contributed by atoms with van der Waals surface area (Å²) in [6.07, 6.45) is 0. The van der Waals surface area contributed by atoms with Crippen molar-refractivity contribution in [1.29, 1.82) is 0 Å². The highest BCUT2D eigenvalue weighted by molar-refractivity contribution is 5.95. The molecular weight excluding hydrogens is 434 g/mol. The zero-order chi connectivity index (χ0) is 23.8. The molecule has 0 heterocycles. The van der Waals surface area contributed by atoms with Crippen LogP contribution in [0.3, 0.4) is 0 Å². The van der Waals surface area contributed by atoms with E-state index < -0.39 is 10.9 Å². The Labute approximate surface area is 196 Å². The fraction of sp³-hybridized carbons (Fsp3) is 0.0741. The van der Waals surface area contributed by atoms with E-state index in [2.05, 4.69) is 0 Å². The Morgan fingerprint density at radius 2 is 1.29 bits per heavy atom. The average molecular weight is 455 g/mol. The SMILES string of the molecule is O=C(Oc1ccc([N+](=O)[O-])cc1)c1cccc(OCc2ccccc2)c1OCc1ccccc1. The van der Waals surface area contributed by atoms with Crippen molar-refractivity contribution >= 4 is 11.7 Å². The summed E-state index contributed by atoms with van der Waals surface area (Å²) in [4.78, 5) is 23.3. The molecule has 0 atom stereocenters. The number of ether oxygens (including phenoxy) is 3. The molecule has 4 rings (SSSR count). The number of carbonyl (C=O) groups excluding carboxylic acids is 1. The van der Waals surface area contributed by atoms with Gasteiger partial charge in [0.05, 0.1) is 4.92 Å². The van der Waals surface area contributed by atoms with E-state index in [0.717, 1.165) is 11.1 Å². The number of para-hydroxylation sites is 1. The predicted octanol–water partition coefficient (Wildman–Crippen LogP) is 5.97. The van der Waals surface area contributed by atoms with E-state index >= 15 is 0 Å². The number of benzene rings is 4. The molecule has 0 fully saturated rings. The minimum absolute atomic E-state index is 0.0945. The van der Waals surface area contributed by atoms with Crippen molar-refractivity contribution in [3.63, 3.8) is 0 Å². The molecule has 0 N–H and O–H groups in total. The third-order valence-corrected chi connectivity index (χ3v) is 4.92. The molecule has 0 aliphatic carbocycles. The largest absolute Gasteiger partial charge is 0.485 e. The standard InChI is InChI=1S/C27H21NO6/c29-27(34-23-16-14-22(15-17-23)28(30)31)24-12-7-13-25(32-18-20-8-3-1-4-9-20)26(24)33-19-21-10-5-2-6-11-21/h1-17H,18-19H2. The number of hydrogen-bond donors (Lipinski definition) is 0. The lowest BCUT2D eigenvalue weighted by atomic mass is 10.1. The Bertz CT molecular complexity index is 1260. The van der Waals surface area contributed by atoms with Crippen molar-refractivity contribution in [2.45, 2.75) is 13.2 Å². The Balaban J connectivity index is 1.58.